The summed E-state index contributed by atoms with van der Waals surface area (Å²) >= 11 is 0. The topological polar surface area (TPSA) is 72.2 Å². The summed E-state index contributed by atoms with van der Waals surface area (Å²) in [6, 6.07) is 0. The van der Waals surface area contributed by atoms with E-state index in [1.807, 2.05) is 0 Å². The number of carbonyl (C=O) groups excluding carboxylic acids is 2. The average Bonchev–Trinajstić information content (AvgIpc) is 2.86. The number of amides is 2. The molecule has 1 heterocycles. The molecule has 2 rings (SSSR count). The van der Waals surface area contributed by atoms with Crippen molar-refractivity contribution in [3.8, 4) is 0 Å². The van der Waals surface area contributed by atoms with E-state index >= 15 is 0 Å². The molecule has 2 amide bonds. The van der Waals surface area contributed by atoms with Crippen molar-refractivity contribution in [2.75, 3.05) is 6.54 Å². The lowest BCUT2D eigenvalue weighted by atomic mass is 9.77. The molecule has 3 unspecified atom stereocenters. The Kier molecular flexibility index (Phi) is 5.37. The fourth-order valence-corrected chi connectivity index (χ4v) is 3.68. The molecule has 1 saturated carbocycles. The highest BCUT2D eigenvalue weighted by molar-refractivity contribution is 6.00. The molecule has 2 fully saturated rings. The van der Waals surface area contributed by atoms with E-state index in [2.05, 4.69) is 5.32 Å². The number of hydrogen-bond acceptors (Lipinski definition) is 3. The van der Waals surface area contributed by atoms with Crippen LogP contribution in [0.5, 0.6) is 0 Å². The van der Waals surface area contributed by atoms with Gasteiger partial charge in [0.2, 0.25) is 11.8 Å². The zero-order valence-electron chi connectivity index (χ0n) is 11.7. The van der Waals surface area contributed by atoms with Crippen LogP contribution in [-0.4, -0.2) is 18.4 Å². The van der Waals surface area contributed by atoms with Gasteiger partial charge < -0.3 is 5.73 Å². The molecule has 0 aromatic rings. The van der Waals surface area contributed by atoms with E-state index in [0.29, 0.717) is 5.92 Å². The maximum atomic E-state index is 12.0. The molecule has 108 valence electrons. The normalized spacial score (nSPS) is 30.3. The first kappa shape index (κ1) is 14.5. The second-order valence-corrected chi connectivity index (χ2v) is 6.01. The first-order chi connectivity index (χ1) is 9.24. The summed E-state index contributed by atoms with van der Waals surface area (Å²) in [6.45, 7) is 0.775. The summed E-state index contributed by atoms with van der Waals surface area (Å²) in [6.07, 6.45) is 9.85. The number of imide groups is 1. The Morgan fingerprint density at radius 1 is 1.00 bits per heavy atom. The van der Waals surface area contributed by atoms with E-state index in [1.54, 1.807) is 0 Å². The monoisotopic (exact) mass is 266 g/mol. The Hall–Kier alpha value is -0.900. The van der Waals surface area contributed by atoms with Crippen LogP contribution < -0.4 is 11.1 Å². The van der Waals surface area contributed by atoms with E-state index in [-0.39, 0.29) is 23.7 Å². The summed E-state index contributed by atoms with van der Waals surface area (Å²) < 4.78 is 0. The van der Waals surface area contributed by atoms with Crippen molar-refractivity contribution in [1.82, 2.24) is 5.32 Å². The lowest BCUT2D eigenvalue weighted by Crippen LogP contribution is -2.49. The van der Waals surface area contributed by atoms with Crippen LogP contribution in [0.2, 0.25) is 0 Å². The Bertz CT molecular complexity index is 330. The molecule has 3 atom stereocenters. The molecule has 0 radical (unpaired) electrons. The summed E-state index contributed by atoms with van der Waals surface area (Å²) in [5.41, 5.74) is 5.46. The number of carbonyl (C=O) groups is 2. The summed E-state index contributed by atoms with van der Waals surface area (Å²) in [7, 11) is 0. The predicted molar refractivity (Wildman–Crippen MR) is 74.2 cm³/mol. The fraction of sp³-hybridized carbons (Fsp3) is 0.867. The summed E-state index contributed by atoms with van der Waals surface area (Å²) in [5.74, 6) is 0.478. The van der Waals surface area contributed by atoms with Crippen molar-refractivity contribution in [3.63, 3.8) is 0 Å². The molecule has 0 aromatic carbocycles. The summed E-state index contributed by atoms with van der Waals surface area (Å²) in [5, 5.41) is 2.57. The van der Waals surface area contributed by atoms with Crippen LogP contribution >= 0.6 is 0 Å². The molecule has 0 bridgehead atoms. The molecule has 19 heavy (non-hydrogen) atoms. The molecule has 0 aromatic heterocycles. The van der Waals surface area contributed by atoms with Gasteiger partial charge in [-0.05, 0) is 38.1 Å². The number of nitrogens with one attached hydrogen (secondary N) is 1. The largest absolute Gasteiger partial charge is 0.330 e. The first-order valence-electron chi connectivity index (χ1n) is 7.79. The third kappa shape index (κ3) is 3.56. The molecular weight excluding hydrogens is 240 g/mol. The van der Waals surface area contributed by atoms with Gasteiger partial charge in [-0.1, -0.05) is 32.1 Å². The van der Waals surface area contributed by atoms with Crippen molar-refractivity contribution >= 4 is 11.8 Å². The van der Waals surface area contributed by atoms with E-state index in [1.165, 1.54) is 19.3 Å². The van der Waals surface area contributed by atoms with Gasteiger partial charge in [-0.2, -0.15) is 0 Å². The van der Waals surface area contributed by atoms with E-state index in [0.717, 1.165) is 45.1 Å². The van der Waals surface area contributed by atoms with Crippen LogP contribution in [-0.2, 0) is 9.59 Å². The van der Waals surface area contributed by atoms with Crippen LogP contribution in [0.25, 0.3) is 0 Å². The van der Waals surface area contributed by atoms with Crippen LogP contribution in [0, 0.1) is 17.8 Å². The van der Waals surface area contributed by atoms with Crippen LogP contribution in [0.3, 0.4) is 0 Å². The minimum atomic E-state index is -0.0216. The Morgan fingerprint density at radius 2 is 1.74 bits per heavy atom. The zero-order chi connectivity index (χ0) is 13.7. The van der Waals surface area contributed by atoms with Gasteiger partial charge >= 0.3 is 0 Å². The van der Waals surface area contributed by atoms with Crippen molar-refractivity contribution in [2.45, 2.75) is 57.8 Å². The average molecular weight is 266 g/mol. The Labute approximate surface area is 115 Å². The van der Waals surface area contributed by atoms with Gasteiger partial charge in [-0.3, -0.25) is 14.9 Å². The minimum absolute atomic E-state index is 0.0184. The maximum Gasteiger partial charge on any atom is 0.229 e. The zero-order valence-corrected chi connectivity index (χ0v) is 11.7. The molecule has 1 aliphatic carbocycles. The Balaban J connectivity index is 1.75. The predicted octanol–water partition coefficient (Wildman–Crippen LogP) is 1.97. The standard InChI is InChI=1S/C15H26N2O2/c16-10-5-3-1-2-4-7-12-11-8-6-9-13(11)15(19)17-14(12)18/h11-13H,1-10,16H2,(H,17,18,19). The van der Waals surface area contributed by atoms with Gasteiger partial charge in [0.1, 0.15) is 0 Å². The van der Waals surface area contributed by atoms with Gasteiger partial charge in [0, 0.05) is 11.8 Å². The smallest absolute Gasteiger partial charge is 0.229 e. The van der Waals surface area contributed by atoms with Crippen LogP contribution in [0.15, 0.2) is 0 Å². The quantitative estimate of drug-likeness (QED) is 0.546. The molecule has 1 saturated heterocycles. The first-order valence-corrected chi connectivity index (χ1v) is 7.79. The second kappa shape index (κ2) is 7.04. The number of hydrogen-bond donors (Lipinski definition) is 2. The highest BCUT2D eigenvalue weighted by Crippen LogP contribution is 2.41. The highest BCUT2D eigenvalue weighted by Gasteiger charge is 2.45. The maximum absolute atomic E-state index is 12.0. The number of nitrogens with two attached hydrogens (primary N) is 1. The van der Waals surface area contributed by atoms with E-state index < -0.39 is 0 Å². The molecule has 4 heteroatoms. The lowest BCUT2D eigenvalue weighted by molar-refractivity contribution is -0.142. The third-order valence-electron chi connectivity index (χ3n) is 4.73. The van der Waals surface area contributed by atoms with E-state index in [9.17, 15) is 9.59 Å². The van der Waals surface area contributed by atoms with Gasteiger partial charge in [0.25, 0.3) is 0 Å². The van der Waals surface area contributed by atoms with E-state index in [4.69, 9.17) is 5.73 Å². The van der Waals surface area contributed by atoms with Crippen LogP contribution in [0.1, 0.15) is 57.8 Å². The number of rotatable bonds is 7. The van der Waals surface area contributed by atoms with Crippen LogP contribution in [0.4, 0.5) is 0 Å². The molecule has 2 aliphatic rings. The molecular formula is C15H26N2O2. The van der Waals surface area contributed by atoms with Gasteiger partial charge in [0.05, 0.1) is 0 Å². The minimum Gasteiger partial charge on any atom is -0.330 e. The lowest BCUT2D eigenvalue weighted by Gasteiger charge is -2.32. The van der Waals surface area contributed by atoms with Crippen molar-refractivity contribution in [1.29, 1.82) is 0 Å². The molecule has 1 aliphatic heterocycles. The SMILES string of the molecule is NCCCCCCCC1C(=O)NC(=O)C2CCCC12. The third-order valence-corrected chi connectivity index (χ3v) is 4.73. The summed E-state index contributed by atoms with van der Waals surface area (Å²) in [4.78, 5) is 23.7. The van der Waals surface area contributed by atoms with Gasteiger partial charge in [-0.25, -0.2) is 0 Å². The number of fused-ring (bicyclic) bond motifs is 1. The molecule has 0 spiro atoms. The molecule has 3 N–H and O–H groups in total. The highest BCUT2D eigenvalue weighted by atomic mass is 16.2. The van der Waals surface area contributed by atoms with Crippen molar-refractivity contribution in [2.24, 2.45) is 23.5 Å². The van der Waals surface area contributed by atoms with Crippen molar-refractivity contribution < 1.29 is 9.59 Å². The fourth-order valence-electron chi connectivity index (χ4n) is 3.68. The Morgan fingerprint density at radius 3 is 2.53 bits per heavy atom. The van der Waals surface area contributed by atoms with Crippen molar-refractivity contribution in [3.05, 3.63) is 0 Å². The number of piperidine rings is 1. The molecule has 4 nitrogen and oxygen atoms in total. The number of unbranched alkanes of at least 4 members (excludes halogenated alkanes) is 4. The second-order valence-electron chi connectivity index (χ2n) is 6.01. The van der Waals surface area contributed by atoms with Gasteiger partial charge in [0.15, 0.2) is 0 Å². The van der Waals surface area contributed by atoms with Gasteiger partial charge in [-0.15, -0.1) is 0 Å².